The molecular formula is C11H16O4. The number of carbonyl (C=O) groups is 2. The largest absolute Gasteiger partial charge is 0.463 e. The summed E-state index contributed by atoms with van der Waals surface area (Å²) in [6.45, 7) is 1.04. The van der Waals surface area contributed by atoms with Crippen LogP contribution in [0.1, 0.15) is 25.7 Å². The first kappa shape index (κ1) is 10.6. The molecule has 84 valence electrons. The van der Waals surface area contributed by atoms with Gasteiger partial charge in [0.05, 0.1) is 12.5 Å². The number of epoxide rings is 1. The minimum absolute atomic E-state index is 0.104. The monoisotopic (exact) mass is 212 g/mol. The molecule has 1 saturated heterocycles. The third-order valence-corrected chi connectivity index (χ3v) is 3.11. The first-order valence-electron chi connectivity index (χ1n) is 5.55. The Labute approximate surface area is 88.9 Å². The van der Waals surface area contributed by atoms with Crippen LogP contribution < -0.4 is 0 Å². The highest BCUT2D eigenvalue weighted by Gasteiger charge is 2.33. The third kappa shape index (κ3) is 2.78. The Bertz CT molecular complexity index is 247. The van der Waals surface area contributed by atoms with E-state index in [1.54, 1.807) is 0 Å². The fourth-order valence-electron chi connectivity index (χ4n) is 2.06. The van der Waals surface area contributed by atoms with Crippen molar-refractivity contribution in [3.63, 3.8) is 0 Å². The molecule has 3 atom stereocenters. The summed E-state index contributed by atoms with van der Waals surface area (Å²) in [6.07, 6.45) is 4.67. The second-order valence-electron chi connectivity index (χ2n) is 4.28. The normalized spacial score (nSPS) is 34.5. The van der Waals surface area contributed by atoms with Crippen LogP contribution in [0.15, 0.2) is 0 Å². The average Bonchev–Trinajstić information content (AvgIpc) is 3.09. The van der Waals surface area contributed by atoms with Crippen LogP contribution in [-0.4, -0.2) is 31.6 Å². The van der Waals surface area contributed by atoms with Gasteiger partial charge in [-0.1, -0.05) is 12.8 Å². The van der Waals surface area contributed by atoms with Gasteiger partial charge < -0.3 is 14.3 Å². The van der Waals surface area contributed by atoms with Gasteiger partial charge in [0.15, 0.2) is 0 Å². The van der Waals surface area contributed by atoms with Crippen molar-refractivity contribution in [2.45, 2.75) is 31.8 Å². The lowest BCUT2D eigenvalue weighted by molar-refractivity contribution is -0.153. The van der Waals surface area contributed by atoms with Crippen molar-refractivity contribution in [2.24, 2.45) is 11.8 Å². The zero-order valence-electron chi connectivity index (χ0n) is 8.69. The molecule has 1 aliphatic carbocycles. The molecule has 0 aromatic carbocycles. The molecule has 0 amide bonds. The van der Waals surface area contributed by atoms with Crippen LogP contribution in [-0.2, 0) is 19.1 Å². The molecule has 15 heavy (non-hydrogen) atoms. The van der Waals surface area contributed by atoms with Crippen LogP contribution in [0.4, 0.5) is 0 Å². The lowest BCUT2D eigenvalue weighted by Gasteiger charge is -2.25. The Kier molecular flexibility index (Phi) is 3.36. The molecule has 0 bridgehead atoms. The Morgan fingerprint density at radius 1 is 1.40 bits per heavy atom. The first-order valence-corrected chi connectivity index (χ1v) is 5.55. The van der Waals surface area contributed by atoms with Gasteiger partial charge >= 0.3 is 5.97 Å². The second-order valence-corrected chi connectivity index (χ2v) is 4.28. The van der Waals surface area contributed by atoms with Crippen LogP contribution in [0.3, 0.4) is 0 Å². The standard InChI is InChI=1S/C11H16O4/c12-5-8-3-1-2-4-10(8)11(13)15-7-9-6-14-9/h5,8-10H,1-4,6-7H2. The van der Waals surface area contributed by atoms with E-state index in [9.17, 15) is 9.59 Å². The molecule has 0 N–H and O–H groups in total. The van der Waals surface area contributed by atoms with Gasteiger partial charge in [-0.15, -0.1) is 0 Å². The van der Waals surface area contributed by atoms with Crippen LogP contribution in [0.25, 0.3) is 0 Å². The fourth-order valence-corrected chi connectivity index (χ4v) is 2.06. The lowest BCUT2D eigenvalue weighted by Crippen LogP contribution is -2.30. The predicted octanol–water partition coefficient (Wildman–Crippen LogP) is 0.934. The Morgan fingerprint density at radius 2 is 2.13 bits per heavy atom. The average molecular weight is 212 g/mol. The number of ether oxygens (including phenoxy) is 2. The highest BCUT2D eigenvalue weighted by Crippen LogP contribution is 2.29. The summed E-state index contributed by atoms with van der Waals surface area (Å²) in [7, 11) is 0. The van der Waals surface area contributed by atoms with Gasteiger partial charge in [-0.2, -0.15) is 0 Å². The molecular weight excluding hydrogens is 196 g/mol. The van der Waals surface area contributed by atoms with Crippen LogP contribution >= 0.6 is 0 Å². The van der Waals surface area contributed by atoms with E-state index in [-0.39, 0.29) is 23.9 Å². The summed E-state index contributed by atoms with van der Waals surface area (Å²) in [6, 6.07) is 0. The maximum Gasteiger partial charge on any atom is 0.309 e. The summed E-state index contributed by atoms with van der Waals surface area (Å²) in [5.74, 6) is -0.566. The van der Waals surface area contributed by atoms with Gasteiger partial charge in [0.1, 0.15) is 19.0 Å². The molecule has 0 radical (unpaired) electrons. The van der Waals surface area contributed by atoms with Gasteiger partial charge in [-0.05, 0) is 12.8 Å². The minimum Gasteiger partial charge on any atom is -0.463 e. The zero-order valence-corrected chi connectivity index (χ0v) is 8.69. The number of rotatable bonds is 4. The van der Waals surface area contributed by atoms with E-state index in [0.29, 0.717) is 13.2 Å². The molecule has 1 aliphatic heterocycles. The lowest BCUT2D eigenvalue weighted by atomic mass is 9.80. The molecule has 0 spiro atoms. The van der Waals surface area contributed by atoms with Gasteiger partial charge in [0, 0.05) is 5.92 Å². The van der Waals surface area contributed by atoms with Crippen molar-refractivity contribution in [3.05, 3.63) is 0 Å². The summed E-state index contributed by atoms with van der Waals surface area (Å²) in [4.78, 5) is 22.5. The summed E-state index contributed by atoms with van der Waals surface area (Å²) in [5.41, 5.74) is 0. The molecule has 1 heterocycles. The van der Waals surface area contributed by atoms with Gasteiger partial charge in [0.25, 0.3) is 0 Å². The van der Waals surface area contributed by atoms with Gasteiger partial charge in [-0.3, -0.25) is 4.79 Å². The summed E-state index contributed by atoms with van der Waals surface area (Å²) in [5, 5.41) is 0. The number of hydrogen-bond donors (Lipinski definition) is 0. The number of esters is 1. The van der Waals surface area contributed by atoms with E-state index >= 15 is 0 Å². The predicted molar refractivity (Wildman–Crippen MR) is 52.2 cm³/mol. The van der Waals surface area contributed by atoms with E-state index in [1.807, 2.05) is 0 Å². The van der Waals surface area contributed by atoms with Crippen molar-refractivity contribution in [1.82, 2.24) is 0 Å². The van der Waals surface area contributed by atoms with Crippen LogP contribution in [0, 0.1) is 11.8 Å². The highest BCUT2D eigenvalue weighted by molar-refractivity contribution is 5.77. The Balaban J connectivity index is 1.82. The maximum atomic E-state index is 11.7. The van der Waals surface area contributed by atoms with E-state index in [4.69, 9.17) is 9.47 Å². The third-order valence-electron chi connectivity index (χ3n) is 3.11. The molecule has 1 saturated carbocycles. The number of hydrogen-bond acceptors (Lipinski definition) is 4. The van der Waals surface area contributed by atoms with Crippen molar-refractivity contribution in [1.29, 1.82) is 0 Å². The van der Waals surface area contributed by atoms with E-state index < -0.39 is 0 Å². The van der Waals surface area contributed by atoms with Gasteiger partial charge in [-0.25, -0.2) is 0 Å². The maximum absolute atomic E-state index is 11.7. The molecule has 2 rings (SSSR count). The quantitative estimate of drug-likeness (QED) is 0.395. The van der Waals surface area contributed by atoms with Crippen LogP contribution in [0.5, 0.6) is 0 Å². The Morgan fingerprint density at radius 3 is 2.80 bits per heavy atom. The van der Waals surface area contributed by atoms with Crippen molar-refractivity contribution in [3.8, 4) is 0 Å². The van der Waals surface area contributed by atoms with Gasteiger partial charge in [0.2, 0.25) is 0 Å². The number of aldehydes is 1. The van der Waals surface area contributed by atoms with Crippen LogP contribution in [0.2, 0.25) is 0 Å². The molecule has 0 aromatic heterocycles. The topological polar surface area (TPSA) is 55.9 Å². The molecule has 0 aromatic rings. The van der Waals surface area contributed by atoms with Crippen molar-refractivity contribution < 1.29 is 19.1 Å². The molecule has 4 nitrogen and oxygen atoms in total. The Hall–Kier alpha value is -0.900. The summed E-state index contributed by atoms with van der Waals surface area (Å²) < 4.78 is 10.1. The van der Waals surface area contributed by atoms with E-state index in [1.165, 1.54) is 0 Å². The smallest absolute Gasteiger partial charge is 0.309 e. The van der Waals surface area contributed by atoms with Crippen molar-refractivity contribution >= 4 is 12.3 Å². The highest BCUT2D eigenvalue weighted by atomic mass is 16.6. The summed E-state index contributed by atoms with van der Waals surface area (Å²) >= 11 is 0. The zero-order chi connectivity index (χ0) is 10.7. The second kappa shape index (κ2) is 4.75. The number of carbonyl (C=O) groups excluding carboxylic acids is 2. The molecule has 2 fully saturated rings. The van der Waals surface area contributed by atoms with E-state index in [2.05, 4.69) is 0 Å². The molecule has 2 aliphatic rings. The van der Waals surface area contributed by atoms with Crippen molar-refractivity contribution in [2.75, 3.05) is 13.2 Å². The first-order chi connectivity index (χ1) is 7.31. The molecule has 3 unspecified atom stereocenters. The SMILES string of the molecule is O=CC1CCCCC1C(=O)OCC1CO1. The molecule has 4 heteroatoms. The van der Waals surface area contributed by atoms with E-state index in [0.717, 1.165) is 32.0 Å². The minimum atomic E-state index is -0.220. The fraction of sp³-hybridized carbons (Fsp3) is 0.818.